The minimum absolute atomic E-state index is 0.0258. The third-order valence-corrected chi connectivity index (χ3v) is 3.96. The van der Waals surface area contributed by atoms with Crippen molar-refractivity contribution in [2.24, 2.45) is 10.1 Å². The summed E-state index contributed by atoms with van der Waals surface area (Å²) < 4.78 is 0. The van der Waals surface area contributed by atoms with Gasteiger partial charge in [-0.15, -0.1) is 0 Å². The molecule has 1 fully saturated rings. The maximum Gasteiger partial charge on any atom is 0.249 e. The van der Waals surface area contributed by atoms with Gasteiger partial charge in [-0.2, -0.15) is 5.10 Å². The summed E-state index contributed by atoms with van der Waals surface area (Å²) in [6.45, 7) is 15.9. The van der Waals surface area contributed by atoms with Crippen molar-refractivity contribution in [3.8, 4) is 0 Å². The minimum Gasteiger partial charge on any atom is -0.374 e. The Kier molecular flexibility index (Phi) is 9.75. The van der Waals surface area contributed by atoms with Crippen molar-refractivity contribution >= 4 is 17.8 Å². The summed E-state index contributed by atoms with van der Waals surface area (Å²) in [5, 5.41) is 7.16. The maximum atomic E-state index is 12.7. The second kappa shape index (κ2) is 12.1. The zero-order valence-electron chi connectivity index (χ0n) is 16.7. The first-order valence-electron chi connectivity index (χ1n) is 8.91. The first-order valence-corrected chi connectivity index (χ1v) is 8.91. The number of hydrogen-bond donors (Lipinski definition) is 2. The molecule has 28 heavy (non-hydrogen) atoms. The van der Waals surface area contributed by atoms with Crippen molar-refractivity contribution in [2.75, 3.05) is 20.6 Å². The highest BCUT2D eigenvalue weighted by molar-refractivity contribution is 6.20. The molecule has 1 atom stereocenters. The predicted octanol–water partition coefficient (Wildman–Crippen LogP) is 2.89. The van der Waals surface area contributed by atoms with Crippen molar-refractivity contribution in [3.05, 3.63) is 85.8 Å². The molecule has 1 amide bonds. The molecule has 0 radical (unpaired) electrons. The number of rotatable bonds is 11. The van der Waals surface area contributed by atoms with Crippen molar-refractivity contribution in [1.82, 2.24) is 15.6 Å². The van der Waals surface area contributed by atoms with Gasteiger partial charge in [0, 0.05) is 37.6 Å². The molecule has 0 aromatic rings. The normalized spacial score (nSPS) is 18.3. The number of allylic oxidation sites excluding steroid dienone is 8. The molecule has 0 aliphatic carbocycles. The van der Waals surface area contributed by atoms with Gasteiger partial charge in [0.05, 0.1) is 11.9 Å². The van der Waals surface area contributed by atoms with Crippen LogP contribution in [0.1, 0.15) is 6.42 Å². The van der Waals surface area contributed by atoms with Crippen LogP contribution in [-0.2, 0) is 4.79 Å². The van der Waals surface area contributed by atoms with Gasteiger partial charge in [0.2, 0.25) is 5.91 Å². The highest BCUT2D eigenvalue weighted by atomic mass is 16.2. The van der Waals surface area contributed by atoms with E-state index < -0.39 is 0 Å². The second-order valence-corrected chi connectivity index (χ2v) is 5.87. The van der Waals surface area contributed by atoms with Crippen LogP contribution in [0.5, 0.6) is 0 Å². The van der Waals surface area contributed by atoms with Crippen LogP contribution in [0.4, 0.5) is 0 Å². The number of aliphatic imine (C=N–C) groups is 1. The first kappa shape index (κ1) is 22.6. The molecule has 2 N–H and O–H groups in total. The Bertz CT molecular complexity index is 768. The van der Waals surface area contributed by atoms with Crippen LogP contribution in [-0.4, -0.2) is 49.4 Å². The van der Waals surface area contributed by atoms with Gasteiger partial charge >= 0.3 is 0 Å². The highest BCUT2D eigenvalue weighted by Gasteiger charge is 2.32. The van der Waals surface area contributed by atoms with Crippen molar-refractivity contribution in [1.29, 1.82) is 0 Å². The summed E-state index contributed by atoms with van der Waals surface area (Å²) in [4.78, 5) is 18.6. The van der Waals surface area contributed by atoms with E-state index in [1.165, 1.54) is 0 Å². The summed E-state index contributed by atoms with van der Waals surface area (Å²) in [6.07, 6.45) is 14.6. The van der Waals surface area contributed by atoms with E-state index in [2.05, 4.69) is 47.2 Å². The van der Waals surface area contributed by atoms with E-state index in [1.807, 2.05) is 12.2 Å². The van der Waals surface area contributed by atoms with Gasteiger partial charge in [-0.25, -0.2) is 0 Å². The molecule has 1 unspecified atom stereocenters. The molecule has 148 valence electrons. The van der Waals surface area contributed by atoms with E-state index in [1.54, 1.807) is 55.6 Å². The lowest BCUT2D eigenvalue weighted by atomic mass is 10.1. The van der Waals surface area contributed by atoms with Crippen LogP contribution in [0.2, 0.25) is 0 Å². The van der Waals surface area contributed by atoms with Crippen LogP contribution >= 0.6 is 0 Å². The summed E-state index contributed by atoms with van der Waals surface area (Å²) in [7, 11) is 3.38. The van der Waals surface area contributed by atoms with Gasteiger partial charge < -0.3 is 15.6 Å². The SMILES string of the molecule is C=C/C=C\C(=C/C=C)NC1CCN(C(=C)/C=C\C(=NC)C(=C)/C=N\NC)C1=O. The van der Waals surface area contributed by atoms with Crippen LogP contribution in [0.15, 0.2) is 95.9 Å². The predicted molar refractivity (Wildman–Crippen MR) is 119 cm³/mol. The summed E-state index contributed by atoms with van der Waals surface area (Å²) in [6, 6.07) is -0.317. The second-order valence-electron chi connectivity index (χ2n) is 5.87. The summed E-state index contributed by atoms with van der Waals surface area (Å²) >= 11 is 0. The summed E-state index contributed by atoms with van der Waals surface area (Å²) in [5.74, 6) is -0.0258. The molecule has 1 rings (SSSR count). The topological polar surface area (TPSA) is 69.1 Å². The number of nitrogens with zero attached hydrogens (tertiary/aromatic N) is 3. The van der Waals surface area contributed by atoms with Gasteiger partial charge in [-0.1, -0.05) is 44.5 Å². The molecule has 1 saturated heterocycles. The van der Waals surface area contributed by atoms with Crippen LogP contribution in [0, 0.1) is 0 Å². The lowest BCUT2D eigenvalue weighted by Crippen LogP contribution is -2.36. The highest BCUT2D eigenvalue weighted by Crippen LogP contribution is 2.18. The molecule has 6 heteroatoms. The van der Waals surface area contributed by atoms with E-state index in [-0.39, 0.29) is 11.9 Å². The molecule has 0 saturated carbocycles. The van der Waals surface area contributed by atoms with E-state index in [9.17, 15) is 4.79 Å². The Balaban J connectivity index is 2.79. The Morgan fingerprint density at radius 1 is 1.21 bits per heavy atom. The van der Waals surface area contributed by atoms with E-state index in [0.29, 0.717) is 29.9 Å². The minimum atomic E-state index is -0.317. The number of carbonyl (C=O) groups excluding carboxylic acids is 1. The number of hydrazone groups is 1. The van der Waals surface area contributed by atoms with Gasteiger partial charge in [-0.3, -0.25) is 9.79 Å². The number of carbonyl (C=O) groups is 1. The monoisotopic (exact) mass is 379 g/mol. The molecular formula is C22H29N5O. The van der Waals surface area contributed by atoms with E-state index >= 15 is 0 Å². The zero-order chi connectivity index (χ0) is 20.9. The fraction of sp³-hybridized carbons (Fsp3) is 0.227. The maximum absolute atomic E-state index is 12.7. The Morgan fingerprint density at radius 2 is 1.96 bits per heavy atom. The molecule has 0 bridgehead atoms. The average molecular weight is 380 g/mol. The molecule has 1 aliphatic rings. The fourth-order valence-corrected chi connectivity index (χ4v) is 2.55. The fourth-order valence-electron chi connectivity index (χ4n) is 2.55. The van der Waals surface area contributed by atoms with E-state index in [0.717, 1.165) is 5.70 Å². The number of likely N-dealkylation sites (tertiary alicyclic amines) is 1. The zero-order valence-corrected chi connectivity index (χ0v) is 16.7. The van der Waals surface area contributed by atoms with Gasteiger partial charge in [0.25, 0.3) is 0 Å². The van der Waals surface area contributed by atoms with Crippen LogP contribution < -0.4 is 10.7 Å². The molecule has 0 spiro atoms. The van der Waals surface area contributed by atoms with Gasteiger partial charge in [0.1, 0.15) is 6.04 Å². The average Bonchev–Trinajstić information content (AvgIpc) is 3.05. The standard InChI is InChI=1S/C22H29N5O/c1-7-9-11-19(10-8-2)26-21-14-15-27(22(21)28)18(4)12-13-20(23-5)17(3)16-25-24-6/h7-13,16,21,24,26H,1-4,14-15H2,5-6H3/b11-9-,13-12-,19-10+,23-20?,25-16-. The van der Waals surface area contributed by atoms with Crippen LogP contribution in [0.25, 0.3) is 0 Å². The number of hydrogen-bond acceptors (Lipinski definition) is 5. The Hall–Kier alpha value is -3.41. The van der Waals surface area contributed by atoms with Crippen LogP contribution in [0.3, 0.4) is 0 Å². The smallest absolute Gasteiger partial charge is 0.249 e. The summed E-state index contributed by atoms with van der Waals surface area (Å²) in [5.41, 5.74) is 5.38. The van der Waals surface area contributed by atoms with E-state index in [4.69, 9.17) is 0 Å². The Labute approximate surface area is 167 Å². The molecule has 1 aliphatic heterocycles. The quantitative estimate of drug-likeness (QED) is 0.329. The third-order valence-electron chi connectivity index (χ3n) is 3.96. The van der Waals surface area contributed by atoms with Gasteiger partial charge in [-0.05, 0) is 30.7 Å². The van der Waals surface area contributed by atoms with Gasteiger partial charge in [0.15, 0.2) is 0 Å². The third kappa shape index (κ3) is 6.72. The molecule has 0 aromatic heterocycles. The largest absolute Gasteiger partial charge is 0.374 e. The lowest BCUT2D eigenvalue weighted by Gasteiger charge is -2.18. The molecule has 1 heterocycles. The number of nitrogens with one attached hydrogen (secondary N) is 2. The van der Waals surface area contributed by atoms with Crippen molar-refractivity contribution in [2.45, 2.75) is 12.5 Å². The lowest BCUT2D eigenvalue weighted by molar-refractivity contribution is -0.127. The number of amides is 1. The first-order chi connectivity index (χ1) is 13.5. The Morgan fingerprint density at radius 3 is 2.57 bits per heavy atom. The molecule has 6 nitrogen and oxygen atoms in total. The molecule has 0 aromatic carbocycles. The van der Waals surface area contributed by atoms with Crippen molar-refractivity contribution in [3.63, 3.8) is 0 Å². The molecular weight excluding hydrogens is 350 g/mol. The van der Waals surface area contributed by atoms with Crippen molar-refractivity contribution < 1.29 is 4.79 Å².